The minimum absolute atomic E-state index is 0.000230. The summed E-state index contributed by atoms with van der Waals surface area (Å²) in [7, 11) is -2.10. The van der Waals surface area contributed by atoms with E-state index in [-0.39, 0.29) is 11.0 Å². The van der Waals surface area contributed by atoms with Crippen molar-refractivity contribution in [2.75, 3.05) is 0 Å². The van der Waals surface area contributed by atoms with Crippen molar-refractivity contribution in [3.8, 4) is 0 Å². The van der Waals surface area contributed by atoms with Gasteiger partial charge >= 0.3 is 5.97 Å². The molecule has 1 aliphatic carbocycles. The van der Waals surface area contributed by atoms with E-state index in [4.69, 9.17) is 4.43 Å². The second kappa shape index (κ2) is 13.7. The molecule has 0 saturated heterocycles. The highest BCUT2D eigenvalue weighted by molar-refractivity contribution is 6.74. The van der Waals surface area contributed by atoms with Crippen molar-refractivity contribution >= 4 is 20.1 Å². The van der Waals surface area contributed by atoms with Crippen LogP contribution in [0, 0.1) is 11.8 Å². The summed E-state index contributed by atoms with van der Waals surface area (Å²) in [6, 6.07) is 0. The normalized spacial score (nSPS) is 19.2. The van der Waals surface area contributed by atoms with Crippen LogP contribution in [0.2, 0.25) is 18.1 Å². The first-order valence-corrected chi connectivity index (χ1v) is 15.9. The summed E-state index contributed by atoms with van der Waals surface area (Å²) >= 11 is 0. The van der Waals surface area contributed by atoms with E-state index in [9.17, 15) is 14.7 Å². The molecule has 32 heavy (non-hydrogen) atoms. The van der Waals surface area contributed by atoms with E-state index in [0.29, 0.717) is 18.6 Å². The standard InChI is InChI=1S/C27H50O4Si/c1-8-9-11-14-21(2)17-18-22-19-20-24(28)23(22)15-12-10-13-16-25(26(29)30)31-32(6,7)27(3,4)5/h19,21,23,25H,8-18,20H2,1-7H3,(H,29,30)/t21-,23+,25?/m0/s1. The SMILES string of the molecule is CCCCC[C@H](C)CCC1=CCC(=O)[C@@H]1CCCCCC(O[Si](C)(C)C(C)(C)C)C(=O)O. The lowest BCUT2D eigenvalue weighted by Gasteiger charge is -2.38. The fourth-order valence-corrected chi connectivity index (χ4v) is 5.55. The smallest absolute Gasteiger partial charge is 0.331 e. The van der Waals surface area contributed by atoms with E-state index in [0.717, 1.165) is 38.0 Å². The maximum atomic E-state index is 12.4. The van der Waals surface area contributed by atoms with Crippen LogP contribution in [-0.2, 0) is 14.0 Å². The monoisotopic (exact) mass is 466 g/mol. The van der Waals surface area contributed by atoms with Crippen molar-refractivity contribution in [3.63, 3.8) is 0 Å². The van der Waals surface area contributed by atoms with Gasteiger partial charge in [-0.2, -0.15) is 0 Å². The third-order valence-electron chi connectivity index (χ3n) is 7.61. The first kappa shape index (κ1) is 29.1. The van der Waals surface area contributed by atoms with Crippen LogP contribution in [0.4, 0.5) is 0 Å². The molecule has 0 fully saturated rings. The topological polar surface area (TPSA) is 63.6 Å². The van der Waals surface area contributed by atoms with Crippen molar-refractivity contribution in [3.05, 3.63) is 11.6 Å². The average Bonchev–Trinajstić information content (AvgIpc) is 3.04. The molecule has 0 aromatic rings. The molecule has 5 heteroatoms. The lowest BCUT2D eigenvalue weighted by atomic mass is 9.88. The molecule has 0 bridgehead atoms. The molecule has 1 aliphatic rings. The molecule has 4 nitrogen and oxygen atoms in total. The Morgan fingerprint density at radius 3 is 2.38 bits per heavy atom. The number of ketones is 1. The summed E-state index contributed by atoms with van der Waals surface area (Å²) in [6.07, 6.45) is 13.7. The number of carbonyl (C=O) groups is 2. The van der Waals surface area contributed by atoms with Crippen LogP contribution < -0.4 is 0 Å². The van der Waals surface area contributed by atoms with Crippen LogP contribution in [-0.4, -0.2) is 31.3 Å². The fourth-order valence-electron chi connectivity index (χ4n) is 4.27. The minimum atomic E-state index is -2.10. The molecule has 0 aliphatic heterocycles. The quantitative estimate of drug-likeness (QED) is 0.142. The highest BCUT2D eigenvalue weighted by Gasteiger charge is 2.40. The number of unbranched alkanes of at least 4 members (excludes halogenated alkanes) is 4. The molecule has 1 N–H and O–H groups in total. The number of hydrogen-bond donors (Lipinski definition) is 1. The Bertz CT molecular complexity index is 618. The summed E-state index contributed by atoms with van der Waals surface area (Å²) in [5.41, 5.74) is 1.36. The minimum Gasteiger partial charge on any atom is -0.479 e. The van der Waals surface area contributed by atoms with Gasteiger partial charge in [0.15, 0.2) is 8.32 Å². The lowest BCUT2D eigenvalue weighted by Crippen LogP contribution is -2.46. The largest absolute Gasteiger partial charge is 0.479 e. The van der Waals surface area contributed by atoms with E-state index in [1.165, 1.54) is 37.7 Å². The van der Waals surface area contributed by atoms with Gasteiger partial charge in [-0.1, -0.05) is 91.2 Å². The summed E-state index contributed by atoms with van der Waals surface area (Å²) < 4.78 is 6.14. The van der Waals surface area contributed by atoms with Crippen molar-refractivity contribution in [2.24, 2.45) is 11.8 Å². The number of allylic oxidation sites excluding steroid dienone is 2. The van der Waals surface area contributed by atoms with Crippen molar-refractivity contribution in [2.45, 2.75) is 136 Å². The van der Waals surface area contributed by atoms with Gasteiger partial charge in [0.05, 0.1) is 0 Å². The number of carboxylic acid groups (broad SMARTS) is 1. The van der Waals surface area contributed by atoms with E-state index in [1.807, 2.05) is 0 Å². The average molecular weight is 467 g/mol. The molecular formula is C27H50O4Si. The molecule has 1 unspecified atom stereocenters. The van der Waals surface area contributed by atoms with Crippen LogP contribution in [0.1, 0.15) is 112 Å². The molecule has 0 aromatic heterocycles. The maximum Gasteiger partial charge on any atom is 0.331 e. The Morgan fingerprint density at radius 1 is 1.12 bits per heavy atom. The zero-order chi connectivity index (χ0) is 24.4. The molecule has 0 saturated carbocycles. The zero-order valence-corrected chi connectivity index (χ0v) is 23.0. The fraction of sp³-hybridized carbons (Fsp3) is 0.852. The van der Waals surface area contributed by atoms with E-state index >= 15 is 0 Å². The number of hydrogen-bond acceptors (Lipinski definition) is 3. The van der Waals surface area contributed by atoms with Crippen molar-refractivity contribution in [1.29, 1.82) is 0 Å². The van der Waals surface area contributed by atoms with E-state index < -0.39 is 20.4 Å². The lowest BCUT2D eigenvalue weighted by molar-refractivity contribution is -0.146. The highest BCUT2D eigenvalue weighted by atomic mass is 28.4. The highest BCUT2D eigenvalue weighted by Crippen LogP contribution is 2.38. The number of carboxylic acids is 1. The zero-order valence-electron chi connectivity index (χ0n) is 22.0. The Kier molecular flexibility index (Phi) is 12.4. The molecule has 0 aromatic carbocycles. The predicted molar refractivity (Wildman–Crippen MR) is 137 cm³/mol. The second-order valence-electron chi connectivity index (χ2n) is 11.5. The van der Waals surface area contributed by atoms with Crippen LogP contribution in [0.5, 0.6) is 0 Å². The van der Waals surface area contributed by atoms with Gasteiger partial charge in [0.1, 0.15) is 11.9 Å². The molecule has 3 atom stereocenters. The van der Waals surface area contributed by atoms with Gasteiger partial charge in [0.25, 0.3) is 0 Å². The molecule has 0 amide bonds. The molecule has 1 rings (SSSR count). The summed E-state index contributed by atoms with van der Waals surface area (Å²) in [4.78, 5) is 24.1. The van der Waals surface area contributed by atoms with E-state index in [2.05, 4.69) is 53.8 Å². The van der Waals surface area contributed by atoms with Crippen LogP contribution in [0.3, 0.4) is 0 Å². The summed E-state index contributed by atoms with van der Waals surface area (Å²) in [5.74, 6) is 0.367. The molecule has 0 spiro atoms. The van der Waals surface area contributed by atoms with Crippen LogP contribution >= 0.6 is 0 Å². The number of rotatable bonds is 16. The second-order valence-corrected chi connectivity index (χ2v) is 16.2. The van der Waals surface area contributed by atoms with Crippen molar-refractivity contribution in [1.82, 2.24) is 0 Å². The van der Waals surface area contributed by atoms with Gasteiger partial charge in [-0.05, 0) is 49.7 Å². The summed E-state index contributed by atoms with van der Waals surface area (Å²) in [6.45, 7) is 15.2. The van der Waals surface area contributed by atoms with E-state index in [1.54, 1.807) is 0 Å². The summed E-state index contributed by atoms with van der Waals surface area (Å²) in [5, 5.41) is 9.62. The van der Waals surface area contributed by atoms with Gasteiger partial charge in [-0.25, -0.2) is 4.79 Å². The third kappa shape index (κ3) is 9.90. The number of Topliss-reactive ketones (excluding diaryl/α,β-unsaturated/α-hetero) is 1. The Balaban J connectivity index is 2.40. The maximum absolute atomic E-state index is 12.4. The first-order chi connectivity index (χ1) is 14.9. The number of carbonyl (C=O) groups excluding carboxylic acids is 1. The molecular weight excluding hydrogens is 416 g/mol. The predicted octanol–water partition coefficient (Wildman–Crippen LogP) is 7.92. The van der Waals surface area contributed by atoms with Crippen molar-refractivity contribution < 1.29 is 19.1 Å². The van der Waals surface area contributed by atoms with Crippen LogP contribution in [0.25, 0.3) is 0 Å². The Hall–Kier alpha value is -0.943. The van der Waals surface area contributed by atoms with Gasteiger partial charge in [0, 0.05) is 12.3 Å². The van der Waals surface area contributed by atoms with Gasteiger partial charge < -0.3 is 9.53 Å². The van der Waals surface area contributed by atoms with Gasteiger partial charge in [0.2, 0.25) is 0 Å². The number of aliphatic carboxylic acids is 1. The third-order valence-corrected chi connectivity index (χ3v) is 12.1. The Morgan fingerprint density at radius 2 is 1.78 bits per heavy atom. The van der Waals surface area contributed by atoms with Gasteiger partial charge in [-0.15, -0.1) is 0 Å². The molecule has 186 valence electrons. The molecule has 0 heterocycles. The first-order valence-electron chi connectivity index (χ1n) is 13.0. The van der Waals surface area contributed by atoms with Gasteiger partial charge in [-0.3, -0.25) is 4.79 Å². The molecule has 0 radical (unpaired) electrons. The Labute approximate surface area is 198 Å². The van der Waals surface area contributed by atoms with Crippen LogP contribution in [0.15, 0.2) is 11.6 Å².